The fourth-order valence-corrected chi connectivity index (χ4v) is 2.05. The third-order valence-electron chi connectivity index (χ3n) is 3.26. The molecule has 0 aromatic carbocycles. The Hall–Kier alpha value is -2.71. The van der Waals surface area contributed by atoms with Gasteiger partial charge >= 0.3 is 5.97 Å². The van der Waals surface area contributed by atoms with E-state index in [2.05, 4.69) is 10.3 Å². The van der Waals surface area contributed by atoms with Crippen molar-refractivity contribution in [2.24, 2.45) is 11.7 Å². The van der Waals surface area contributed by atoms with Crippen molar-refractivity contribution < 1.29 is 19.6 Å². The predicted octanol–water partition coefficient (Wildman–Crippen LogP) is 0.754. The van der Waals surface area contributed by atoms with Gasteiger partial charge in [-0.25, -0.2) is 4.98 Å². The van der Waals surface area contributed by atoms with E-state index in [4.69, 9.17) is 10.8 Å². The summed E-state index contributed by atoms with van der Waals surface area (Å²) in [6.45, 7) is 0. The van der Waals surface area contributed by atoms with Crippen molar-refractivity contribution in [2.45, 2.75) is 25.3 Å². The summed E-state index contributed by atoms with van der Waals surface area (Å²) < 4.78 is 0. The number of aliphatic carboxylic acids is 1. The van der Waals surface area contributed by atoms with Gasteiger partial charge in [0.05, 0.1) is 16.9 Å². The van der Waals surface area contributed by atoms with Crippen LogP contribution in [0.3, 0.4) is 0 Å². The van der Waals surface area contributed by atoms with Crippen LogP contribution >= 0.6 is 0 Å². The number of carboxylic acid groups (broad SMARTS) is 1. The molecule has 112 valence electrons. The Kier molecular flexibility index (Phi) is 4.01. The van der Waals surface area contributed by atoms with Crippen LogP contribution in [0.4, 0.5) is 11.5 Å². The van der Waals surface area contributed by atoms with Gasteiger partial charge in [-0.15, -0.1) is 0 Å². The zero-order chi connectivity index (χ0) is 15.6. The Bertz CT molecular complexity index is 599. The average Bonchev–Trinajstić information content (AvgIpc) is 3.21. The molecule has 1 aliphatic rings. The summed E-state index contributed by atoms with van der Waals surface area (Å²) in [5.74, 6) is -1.56. The summed E-state index contributed by atoms with van der Waals surface area (Å²) in [7, 11) is 0. The molecular weight excluding hydrogens is 280 g/mol. The smallest absolute Gasteiger partial charge is 0.305 e. The molecule has 1 unspecified atom stereocenters. The summed E-state index contributed by atoms with van der Waals surface area (Å²) in [6.07, 6.45) is 2.66. The van der Waals surface area contributed by atoms with Crippen LogP contribution in [0, 0.1) is 16.0 Å². The van der Waals surface area contributed by atoms with Crippen molar-refractivity contribution in [3.63, 3.8) is 0 Å². The summed E-state index contributed by atoms with van der Waals surface area (Å²) in [5.41, 5.74) is 4.72. The van der Waals surface area contributed by atoms with E-state index in [9.17, 15) is 19.7 Å². The number of anilines is 1. The highest BCUT2D eigenvalue weighted by Crippen LogP contribution is 2.36. The molecule has 0 spiro atoms. The molecule has 1 fully saturated rings. The number of nitrogens with two attached hydrogens (primary N) is 1. The summed E-state index contributed by atoms with van der Waals surface area (Å²) in [5, 5.41) is 22.5. The van der Waals surface area contributed by atoms with Gasteiger partial charge in [-0.1, -0.05) is 0 Å². The number of carbonyl (C=O) groups excluding carboxylic acids is 1. The van der Waals surface area contributed by atoms with Crippen LogP contribution in [0.5, 0.6) is 0 Å². The van der Waals surface area contributed by atoms with Gasteiger partial charge in [0.25, 0.3) is 11.6 Å². The van der Waals surface area contributed by atoms with Crippen LogP contribution in [0.1, 0.15) is 29.6 Å². The zero-order valence-corrected chi connectivity index (χ0v) is 11.0. The van der Waals surface area contributed by atoms with Crippen molar-refractivity contribution >= 4 is 23.4 Å². The number of nitro groups is 1. The number of nitrogens with one attached hydrogen (secondary N) is 1. The van der Waals surface area contributed by atoms with E-state index in [1.54, 1.807) is 0 Å². The molecule has 1 aromatic rings. The molecule has 9 nitrogen and oxygen atoms in total. The number of amides is 1. The van der Waals surface area contributed by atoms with E-state index in [-0.39, 0.29) is 35.4 Å². The van der Waals surface area contributed by atoms with E-state index in [0.29, 0.717) is 0 Å². The van der Waals surface area contributed by atoms with Crippen molar-refractivity contribution in [1.82, 2.24) is 4.98 Å². The molecule has 0 bridgehead atoms. The minimum Gasteiger partial charge on any atom is -0.481 e. The van der Waals surface area contributed by atoms with Crippen molar-refractivity contribution in [2.75, 3.05) is 5.32 Å². The second-order valence-corrected chi connectivity index (χ2v) is 4.90. The number of pyridine rings is 1. The van der Waals surface area contributed by atoms with Gasteiger partial charge in [0.2, 0.25) is 0 Å². The first kappa shape index (κ1) is 14.7. The summed E-state index contributed by atoms with van der Waals surface area (Å²) >= 11 is 0. The lowest BCUT2D eigenvalue weighted by Gasteiger charge is -2.18. The number of aromatic nitrogens is 1. The van der Waals surface area contributed by atoms with E-state index < -0.39 is 16.8 Å². The maximum atomic E-state index is 11.4. The molecule has 4 N–H and O–H groups in total. The number of rotatable bonds is 7. The lowest BCUT2D eigenvalue weighted by Crippen LogP contribution is -2.27. The minimum atomic E-state index is -0.970. The SMILES string of the molecule is NC(=O)c1cc([N+](=O)[O-])cnc1NC(CC(=O)O)C1CC1. The van der Waals surface area contributed by atoms with Crippen molar-refractivity contribution in [3.05, 3.63) is 27.9 Å². The van der Waals surface area contributed by atoms with Crippen LogP contribution in [0.2, 0.25) is 0 Å². The Balaban J connectivity index is 2.27. The molecule has 21 heavy (non-hydrogen) atoms. The topological polar surface area (TPSA) is 148 Å². The highest BCUT2D eigenvalue weighted by molar-refractivity contribution is 5.98. The molecule has 1 aromatic heterocycles. The molecule has 0 radical (unpaired) electrons. The summed E-state index contributed by atoms with van der Waals surface area (Å²) in [6, 6.07) is 0.650. The fraction of sp³-hybridized carbons (Fsp3) is 0.417. The third kappa shape index (κ3) is 3.65. The Morgan fingerprint density at radius 1 is 1.57 bits per heavy atom. The van der Waals surface area contributed by atoms with Gasteiger partial charge in [-0.3, -0.25) is 19.7 Å². The molecule has 1 aliphatic carbocycles. The van der Waals surface area contributed by atoms with E-state index in [0.717, 1.165) is 25.1 Å². The Labute approximate surface area is 119 Å². The third-order valence-corrected chi connectivity index (χ3v) is 3.26. The largest absolute Gasteiger partial charge is 0.481 e. The lowest BCUT2D eigenvalue weighted by molar-refractivity contribution is -0.385. The molecular formula is C12H14N4O5. The second-order valence-electron chi connectivity index (χ2n) is 4.90. The molecule has 0 saturated heterocycles. The molecule has 1 saturated carbocycles. The maximum Gasteiger partial charge on any atom is 0.305 e. The van der Waals surface area contributed by atoms with E-state index in [1.807, 2.05) is 0 Å². The monoisotopic (exact) mass is 294 g/mol. The number of carboxylic acids is 1. The van der Waals surface area contributed by atoms with Crippen LogP contribution in [-0.2, 0) is 4.79 Å². The fourth-order valence-electron chi connectivity index (χ4n) is 2.05. The molecule has 9 heteroatoms. The molecule has 0 aliphatic heterocycles. The van der Waals surface area contributed by atoms with Gasteiger partial charge in [-0.05, 0) is 18.8 Å². The summed E-state index contributed by atoms with van der Waals surface area (Å²) in [4.78, 5) is 36.1. The molecule has 1 atom stereocenters. The highest BCUT2D eigenvalue weighted by Gasteiger charge is 2.33. The Morgan fingerprint density at radius 3 is 2.71 bits per heavy atom. The van der Waals surface area contributed by atoms with Gasteiger partial charge in [0, 0.05) is 12.1 Å². The van der Waals surface area contributed by atoms with Gasteiger partial charge < -0.3 is 16.2 Å². The number of primary amides is 1. The van der Waals surface area contributed by atoms with Gasteiger partial charge in [0.15, 0.2) is 0 Å². The molecule has 2 rings (SSSR count). The predicted molar refractivity (Wildman–Crippen MR) is 71.8 cm³/mol. The quantitative estimate of drug-likeness (QED) is 0.496. The first-order chi connectivity index (χ1) is 9.88. The second kappa shape index (κ2) is 5.73. The maximum absolute atomic E-state index is 11.4. The average molecular weight is 294 g/mol. The zero-order valence-electron chi connectivity index (χ0n) is 11.0. The number of nitrogens with zero attached hydrogens (tertiary/aromatic N) is 2. The minimum absolute atomic E-state index is 0.0752. The normalized spacial score (nSPS) is 15.2. The lowest BCUT2D eigenvalue weighted by atomic mass is 10.1. The van der Waals surface area contributed by atoms with Gasteiger partial charge in [0.1, 0.15) is 12.0 Å². The van der Waals surface area contributed by atoms with E-state index >= 15 is 0 Å². The standard InChI is InChI=1S/C12H14N4O5/c13-11(19)8-3-7(16(20)21)5-14-12(8)15-9(4-10(17)18)6-1-2-6/h3,5-6,9H,1-2,4H2,(H2,13,19)(H,14,15)(H,17,18). The van der Waals surface area contributed by atoms with Gasteiger partial charge in [-0.2, -0.15) is 0 Å². The van der Waals surface area contributed by atoms with Crippen LogP contribution < -0.4 is 11.1 Å². The first-order valence-electron chi connectivity index (χ1n) is 6.31. The van der Waals surface area contributed by atoms with Crippen molar-refractivity contribution in [1.29, 1.82) is 0 Å². The first-order valence-corrected chi connectivity index (χ1v) is 6.31. The highest BCUT2D eigenvalue weighted by atomic mass is 16.6. The number of hydrogen-bond donors (Lipinski definition) is 3. The number of carbonyl (C=O) groups is 2. The Morgan fingerprint density at radius 2 is 2.24 bits per heavy atom. The number of hydrogen-bond acceptors (Lipinski definition) is 6. The van der Waals surface area contributed by atoms with Crippen LogP contribution in [-0.4, -0.2) is 32.9 Å². The van der Waals surface area contributed by atoms with Crippen LogP contribution in [0.15, 0.2) is 12.3 Å². The molecule has 1 heterocycles. The molecule has 1 amide bonds. The van der Waals surface area contributed by atoms with E-state index in [1.165, 1.54) is 0 Å². The van der Waals surface area contributed by atoms with Crippen LogP contribution in [0.25, 0.3) is 0 Å². The van der Waals surface area contributed by atoms with Crippen molar-refractivity contribution in [3.8, 4) is 0 Å².